The molecule has 0 atom stereocenters. The summed E-state index contributed by atoms with van der Waals surface area (Å²) in [5, 5.41) is 30.9. The normalized spacial score (nSPS) is 11.8. The topological polar surface area (TPSA) is 79.1 Å². The van der Waals surface area contributed by atoms with Gasteiger partial charge in [0.05, 0.1) is 11.3 Å². The molecular weight excluding hydrogens is 326 g/mol. The first kappa shape index (κ1) is 16.6. The van der Waals surface area contributed by atoms with E-state index in [0.29, 0.717) is 29.1 Å². The maximum absolute atomic E-state index is 10.2. The molecule has 0 saturated heterocycles. The Labute approximate surface area is 145 Å². The lowest BCUT2D eigenvalue weighted by Gasteiger charge is -2.17. The molecule has 1 aromatic carbocycles. The van der Waals surface area contributed by atoms with Gasteiger partial charge < -0.3 is 10.2 Å². The van der Waals surface area contributed by atoms with Crippen LogP contribution in [0.2, 0.25) is 5.02 Å². The van der Waals surface area contributed by atoms with Crippen molar-refractivity contribution < 1.29 is 10.2 Å². The van der Waals surface area contributed by atoms with Crippen LogP contribution in [-0.2, 0) is 6.42 Å². The van der Waals surface area contributed by atoms with Gasteiger partial charge in [-0.3, -0.25) is 4.98 Å². The molecule has 0 aliphatic carbocycles. The van der Waals surface area contributed by atoms with E-state index < -0.39 is 5.60 Å². The van der Waals surface area contributed by atoms with E-state index in [1.807, 2.05) is 6.07 Å². The summed E-state index contributed by atoms with van der Waals surface area (Å²) in [6, 6.07) is 6.75. The number of pyridine rings is 1. The molecule has 0 saturated carbocycles. The average molecular weight is 344 g/mol. The summed E-state index contributed by atoms with van der Waals surface area (Å²) in [7, 11) is 0. The number of rotatable bonds is 4. The van der Waals surface area contributed by atoms with Gasteiger partial charge in [0.1, 0.15) is 11.4 Å². The van der Waals surface area contributed by atoms with E-state index in [-0.39, 0.29) is 5.75 Å². The first-order chi connectivity index (χ1) is 11.3. The fourth-order valence-corrected chi connectivity index (χ4v) is 2.73. The average Bonchev–Trinajstić information content (AvgIpc) is 2.52. The zero-order valence-corrected chi connectivity index (χ0v) is 14.2. The largest absolute Gasteiger partial charge is 0.507 e. The van der Waals surface area contributed by atoms with Gasteiger partial charge in [-0.1, -0.05) is 11.6 Å². The molecule has 0 amide bonds. The van der Waals surface area contributed by atoms with Crippen molar-refractivity contribution in [2.45, 2.75) is 32.3 Å². The van der Waals surface area contributed by atoms with Crippen LogP contribution in [0.1, 0.15) is 26.0 Å². The lowest BCUT2D eigenvalue weighted by Crippen LogP contribution is -2.19. The molecule has 0 unspecified atom stereocenters. The predicted molar refractivity (Wildman–Crippen MR) is 94.1 cm³/mol. The third-order valence-electron chi connectivity index (χ3n) is 3.85. The van der Waals surface area contributed by atoms with Crippen LogP contribution < -0.4 is 0 Å². The van der Waals surface area contributed by atoms with E-state index in [9.17, 15) is 10.2 Å². The fraction of sp³-hybridized carbons (Fsp3) is 0.278. The summed E-state index contributed by atoms with van der Waals surface area (Å²) in [4.78, 5) is 4.18. The number of phenols is 1. The van der Waals surface area contributed by atoms with Crippen molar-refractivity contribution in [1.29, 1.82) is 0 Å². The Morgan fingerprint density at radius 2 is 1.92 bits per heavy atom. The maximum Gasteiger partial charge on any atom is 0.126 e. The monoisotopic (exact) mass is 343 g/mol. The maximum atomic E-state index is 10.2. The highest BCUT2D eigenvalue weighted by molar-refractivity contribution is 6.30. The molecule has 0 aliphatic heterocycles. The Morgan fingerprint density at radius 3 is 2.62 bits per heavy atom. The standard InChI is InChI=1S/C18H18ClN3O2/c1-18(2,24)7-5-15-14-10-20-8-6-12(14)17(22-21-15)13-4-3-11(19)9-16(13)23/h3-4,6,8-10,23-24H,5,7H2,1-2H3. The highest BCUT2D eigenvalue weighted by Gasteiger charge is 2.17. The molecular formula is C18H18ClN3O2. The molecule has 0 aliphatic rings. The van der Waals surface area contributed by atoms with Crippen LogP contribution in [0.5, 0.6) is 5.75 Å². The van der Waals surface area contributed by atoms with Gasteiger partial charge >= 0.3 is 0 Å². The minimum absolute atomic E-state index is 0.0548. The number of aliphatic hydroxyl groups is 1. The molecule has 2 heterocycles. The lowest BCUT2D eigenvalue weighted by atomic mass is 9.98. The molecule has 0 fully saturated rings. The van der Waals surface area contributed by atoms with Gasteiger partial charge in [0, 0.05) is 33.8 Å². The predicted octanol–water partition coefficient (Wildman–Crippen LogP) is 3.75. The molecule has 124 valence electrons. The van der Waals surface area contributed by atoms with E-state index in [2.05, 4.69) is 15.2 Å². The highest BCUT2D eigenvalue weighted by atomic mass is 35.5. The Hall–Kier alpha value is -2.24. The van der Waals surface area contributed by atoms with Crippen LogP contribution >= 0.6 is 11.6 Å². The first-order valence-electron chi connectivity index (χ1n) is 7.66. The summed E-state index contributed by atoms with van der Waals surface area (Å²) in [6.07, 6.45) is 4.57. The number of hydrogen-bond acceptors (Lipinski definition) is 5. The smallest absolute Gasteiger partial charge is 0.126 e. The van der Waals surface area contributed by atoms with Gasteiger partial charge in [0.25, 0.3) is 0 Å². The number of hydrogen-bond donors (Lipinski definition) is 2. The van der Waals surface area contributed by atoms with Gasteiger partial charge in [-0.15, -0.1) is 5.10 Å². The summed E-state index contributed by atoms with van der Waals surface area (Å²) in [5.74, 6) is 0.0548. The van der Waals surface area contributed by atoms with Crippen LogP contribution in [0.25, 0.3) is 22.0 Å². The molecule has 3 rings (SSSR count). The van der Waals surface area contributed by atoms with Crippen molar-refractivity contribution in [2.24, 2.45) is 0 Å². The molecule has 24 heavy (non-hydrogen) atoms. The lowest BCUT2D eigenvalue weighted by molar-refractivity contribution is 0.0712. The van der Waals surface area contributed by atoms with Crippen molar-refractivity contribution in [3.8, 4) is 17.0 Å². The summed E-state index contributed by atoms with van der Waals surface area (Å²) in [6.45, 7) is 3.53. The number of nitrogens with zero attached hydrogens (tertiary/aromatic N) is 3. The van der Waals surface area contributed by atoms with E-state index in [0.717, 1.165) is 16.5 Å². The van der Waals surface area contributed by atoms with Crippen LogP contribution in [0.3, 0.4) is 0 Å². The second kappa shape index (κ2) is 6.34. The fourth-order valence-electron chi connectivity index (χ4n) is 2.56. The molecule has 6 heteroatoms. The van der Waals surface area contributed by atoms with Crippen LogP contribution in [-0.4, -0.2) is 31.0 Å². The summed E-state index contributed by atoms with van der Waals surface area (Å²) >= 11 is 5.90. The number of phenolic OH excluding ortho intramolecular Hbond substituents is 1. The van der Waals surface area contributed by atoms with Gasteiger partial charge in [-0.2, -0.15) is 5.10 Å². The first-order valence-corrected chi connectivity index (χ1v) is 8.03. The van der Waals surface area contributed by atoms with Gasteiger partial charge in [-0.05, 0) is 51.0 Å². The second-order valence-corrected chi connectivity index (χ2v) is 6.83. The number of aromatic nitrogens is 3. The van der Waals surface area contributed by atoms with Crippen LogP contribution in [0.4, 0.5) is 0 Å². The molecule has 2 aromatic heterocycles. The van der Waals surface area contributed by atoms with E-state index >= 15 is 0 Å². The van der Waals surface area contributed by atoms with Crippen molar-refractivity contribution >= 4 is 22.4 Å². The molecule has 3 aromatic rings. The molecule has 0 spiro atoms. The van der Waals surface area contributed by atoms with Crippen LogP contribution in [0.15, 0.2) is 36.7 Å². The van der Waals surface area contributed by atoms with Gasteiger partial charge in [0.2, 0.25) is 0 Å². The summed E-state index contributed by atoms with van der Waals surface area (Å²) < 4.78 is 0. The quantitative estimate of drug-likeness (QED) is 0.754. The minimum atomic E-state index is -0.774. The molecule has 0 bridgehead atoms. The number of fused-ring (bicyclic) bond motifs is 1. The van der Waals surface area contributed by atoms with Crippen molar-refractivity contribution in [2.75, 3.05) is 0 Å². The van der Waals surface area contributed by atoms with Crippen molar-refractivity contribution in [3.05, 3.63) is 47.4 Å². The third-order valence-corrected chi connectivity index (χ3v) is 4.08. The number of aryl methyl sites for hydroxylation is 1. The Kier molecular flexibility index (Phi) is 4.39. The van der Waals surface area contributed by atoms with Gasteiger partial charge in [0.15, 0.2) is 0 Å². The van der Waals surface area contributed by atoms with Crippen molar-refractivity contribution in [3.63, 3.8) is 0 Å². The van der Waals surface area contributed by atoms with E-state index in [1.165, 1.54) is 6.07 Å². The SMILES string of the molecule is CC(C)(O)CCc1nnc(-c2ccc(Cl)cc2O)c2ccncc12. The number of benzene rings is 1. The van der Waals surface area contributed by atoms with E-state index in [1.54, 1.807) is 38.4 Å². The minimum Gasteiger partial charge on any atom is -0.507 e. The summed E-state index contributed by atoms with van der Waals surface area (Å²) in [5.41, 5.74) is 1.15. The zero-order chi connectivity index (χ0) is 17.3. The zero-order valence-electron chi connectivity index (χ0n) is 13.5. The van der Waals surface area contributed by atoms with Crippen molar-refractivity contribution in [1.82, 2.24) is 15.2 Å². The van der Waals surface area contributed by atoms with E-state index in [4.69, 9.17) is 11.6 Å². The number of halogens is 1. The molecule has 2 N–H and O–H groups in total. The second-order valence-electron chi connectivity index (χ2n) is 6.39. The Bertz CT molecular complexity index is 891. The Balaban J connectivity index is 2.12. The number of aromatic hydroxyl groups is 1. The van der Waals surface area contributed by atoms with Gasteiger partial charge in [-0.25, -0.2) is 0 Å². The third kappa shape index (κ3) is 3.47. The van der Waals surface area contributed by atoms with Crippen LogP contribution in [0, 0.1) is 0 Å². The Morgan fingerprint density at radius 1 is 1.12 bits per heavy atom. The molecule has 0 radical (unpaired) electrons. The molecule has 5 nitrogen and oxygen atoms in total. The highest BCUT2D eigenvalue weighted by Crippen LogP contribution is 2.34.